The van der Waals surface area contributed by atoms with Gasteiger partial charge in [-0.05, 0) is 31.9 Å². The molecule has 0 aliphatic heterocycles. The largest absolute Gasteiger partial charge is 0.347 e. The van der Waals surface area contributed by atoms with E-state index in [0.29, 0.717) is 34.8 Å². The van der Waals surface area contributed by atoms with E-state index in [1.54, 1.807) is 10.7 Å². The Hall–Kier alpha value is -3.30. The summed E-state index contributed by atoms with van der Waals surface area (Å²) in [5.41, 5.74) is 2.05. The van der Waals surface area contributed by atoms with Gasteiger partial charge in [0.15, 0.2) is 17.3 Å². The molecule has 8 nitrogen and oxygen atoms in total. The van der Waals surface area contributed by atoms with E-state index in [-0.39, 0.29) is 12.1 Å². The Morgan fingerprint density at radius 2 is 2.00 bits per heavy atom. The van der Waals surface area contributed by atoms with Gasteiger partial charge in [-0.1, -0.05) is 13.8 Å². The standard InChI is InChI=1S/C20H24F2N8/c1-5-29(10-11(2)3)20-27-18-12(4)8-24-30(18)19(28-20)23-9-15-25-14-7-6-13(21)16(22)17(14)26-15/h6-8,11H,5,9-10H2,1-4H3,(H,25,26)(H,23,27,28). The zero-order chi connectivity index (χ0) is 21.4. The van der Waals surface area contributed by atoms with E-state index in [4.69, 9.17) is 4.98 Å². The lowest BCUT2D eigenvalue weighted by atomic mass is 10.2. The molecule has 0 unspecified atom stereocenters. The smallest absolute Gasteiger partial charge is 0.230 e. The highest BCUT2D eigenvalue weighted by Crippen LogP contribution is 2.21. The first-order valence-corrected chi connectivity index (χ1v) is 9.91. The maximum absolute atomic E-state index is 14.0. The van der Waals surface area contributed by atoms with Gasteiger partial charge in [-0.15, -0.1) is 0 Å². The predicted molar refractivity (Wildman–Crippen MR) is 112 cm³/mol. The van der Waals surface area contributed by atoms with E-state index in [9.17, 15) is 8.78 Å². The third-order valence-electron chi connectivity index (χ3n) is 4.79. The number of halogens is 2. The van der Waals surface area contributed by atoms with Gasteiger partial charge >= 0.3 is 0 Å². The molecule has 0 saturated carbocycles. The van der Waals surface area contributed by atoms with Crippen molar-refractivity contribution in [1.29, 1.82) is 0 Å². The lowest BCUT2D eigenvalue weighted by Crippen LogP contribution is -2.29. The summed E-state index contributed by atoms with van der Waals surface area (Å²) in [5.74, 6) is 0.142. The summed E-state index contributed by atoms with van der Waals surface area (Å²) in [6.45, 7) is 10.1. The van der Waals surface area contributed by atoms with Crippen LogP contribution in [0, 0.1) is 24.5 Å². The molecule has 4 rings (SSSR count). The minimum absolute atomic E-state index is 0.0238. The Labute approximate surface area is 172 Å². The number of aromatic amines is 1. The third-order valence-corrected chi connectivity index (χ3v) is 4.79. The fourth-order valence-electron chi connectivity index (χ4n) is 3.34. The van der Waals surface area contributed by atoms with Crippen LogP contribution in [0.1, 0.15) is 32.2 Å². The summed E-state index contributed by atoms with van der Waals surface area (Å²) in [5, 5.41) is 7.55. The van der Waals surface area contributed by atoms with Crippen LogP contribution in [0.5, 0.6) is 0 Å². The number of imidazole rings is 1. The van der Waals surface area contributed by atoms with Crippen molar-refractivity contribution in [2.45, 2.75) is 34.2 Å². The van der Waals surface area contributed by atoms with E-state index >= 15 is 0 Å². The van der Waals surface area contributed by atoms with Crippen LogP contribution in [-0.4, -0.2) is 42.6 Å². The second-order valence-electron chi connectivity index (χ2n) is 7.64. The average Bonchev–Trinajstić information content (AvgIpc) is 3.31. The maximum Gasteiger partial charge on any atom is 0.230 e. The summed E-state index contributed by atoms with van der Waals surface area (Å²) in [6.07, 6.45) is 1.73. The number of benzene rings is 1. The van der Waals surface area contributed by atoms with Crippen molar-refractivity contribution in [3.63, 3.8) is 0 Å². The van der Waals surface area contributed by atoms with Gasteiger partial charge in [-0.2, -0.15) is 19.6 Å². The molecule has 0 atom stereocenters. The number of hydrogen-bond acceptors (Lipinski definition) is 6. The SMILES string of the molecule is CCN(CC(C)C)c1nc(NCc2nc3c(F)c(F)ccc3[nH]2)n2ncc(C)c2n1. The Morgan fingerprint density at radius 3 is 2.73 bits per heavy atom. The quantitative estimate of drug-likeness (QED) is 0.480. The molecule has 2 N–H and O–H groups in total. The van der Waals surface area contributed by atoms with Crippen LogP contribution in [0.2, 0.25) is 0 Å². The summed E-state index contributed by atoms with van der Waals surface area (Å²) in [6, 6.07) is 2.54. The van der Waals surface area contributed by atoms with E-state index in [0.717, 1.165) is 24.7 Å². The molecule has 0 fully saturated rings. The number of H-pyrrole nitrogens is 1. The van der Waals surface area contributed by atoms with Crippen LogP contribution < -0.4 is 10.2 Å². The van der Waals surface area contributed by atoms with E-state index < -0.39 is 11.6 Å². The second kappa shape index (κ2) is 7.85. The molecule has 3 aromatic heterocycles. The van der Waals surface area contributed by atoms with E-state index in [2.05, 4.69) is 51.0 Å². The van der Waals surface area contributed by atoms with Crippen LogP contribution in [0.4, 0.5) is 20.7 Å². The number of rotatable bonds is 7. The van der Waals surface area contributed by atoms with Crippen molar-refractivity contribution in [3.05, 3.63) is 41.4 Å². The molecule has 0 saturated heterocycles. The molecule has 0 radical (unpaired) electrons. The molecule has 4 aromatic rings. The van der Waals surface area contributed by atoms with Gasteiger partial charge in [0.1, 0.15) is 11.3 Å². The van der Waals surface area contributed by atoms with Crippen LogP contribution >= 0.6 is 0 Å². The zero-order valence-corrected chi connectivity index (χ0v) is 17.4. The number of aryl methyl sites for hydroxylation is 1. The first-order valence-electron chi connectivity index (χ1n) is 9.91. The van der Waals surface area contributed by atoms with E-state index in [1.807, 2.05) is 6.92 Å². The highest BCUT2D eigenvalue weighted by molar-refractivity contribution is 5.75. The van der Waals surface area contributed by atoms with Gasteiger partial charge in [-0.3, -0.25) is 0 Å². The molecule has 0 aliphatic rings. The molecule has 0 amide bonds. The van der Waals surface area contributed by atoms with Gasteiger partial charge in [-0.25, -0.2) is 13.8 Å². The molecule has 1 aromatic carbocycles. The zero-order valence-electron chi connectivity index (χ0n) is 17.4. The normalized spacial score (nSPS) is 11.7. The monoisotopic (exact) mass is 414 g/mol. The predicted octanol–water partition coefficient (Wildman–Crippen LogP) is 3.68. The first-order chi connectivity index (χ1) is 14.4. The van der Waals surface area contributed by atoms with Gasteiger partial charge in [0.25, 0.3) is 0 Å². The molecule has 10 heteroatoms. The van der Waals surface area contributed by atoms with Crippen molar-refractivity contribution in [1.82, 2.24) is 29.5 Å². The van der Waals surface area contributed by atoms with Crippen LogP contribution in [-0.2, 0) is 6.54 Å². The topological polar surface area (TPSA) is 87.0 Å². The van der Waals surface area contributed by atoms with Crippen molar-refractivity contribution in [2.24, 2.45) is 5.92 Å². The minimum Gasteiger partial charge on any atom is -0.347 e. The fourth-order valence-corrected chi connectivity index (χ4v) is 3.34. The minimum atomic E-state index is -0.961. The highest BCUT2D eigenvalue weighted by atomic mass is 19.2. The van der Waals surface area contributed by atoms with Crippen LogP contribution in [0.3, 0.4) is 0 Å². The Kier molecular flexibility index (Phi) is 5.23. The summed E-state index contributed by atoms with van der Waals surface area (Å²) in [4.78, 5) is 18.6. The van der Waals surface area contributed by atoms with E-state index in [1.165, 1.54) is 6.07 Å². The molecule has 158 valence electrons. The summed E-state index contributed by atoms with van der Waals surface area (Å²) >= 11 is 0. The van der Waals surface area contributed by atoms with Gasteiger partial charge < -0.3 is 15.2 Å². The third kappa shape index (κ3) is 3.64. The molecule has 0 aliphatic carbocycles. The molecular weight excluding hydrogens is 390 g/mol. The van der Waals surface area contributed by atoms with Crippen molar-refractivity contribution in [2.75, 3.05) is 23.3 Å². The number of anilines is 2. The van der Waals surface area contributed by atoms with Crippen LogP contribution in [0.25, 0.3) is 16.7 Å². The van der Waals surface area contributed by atoms with Crippen molar-refractivity contribution in [3.8, 4) is 0 Å². The number of hydrogen-bond donors (Lipinski definition) is 2. The molecule has 30 heavy (non-hydrogen) atoms. The molecular formula is C20H24F2N8. The Balaban J connectivity index is 1.67. The maximum atomic E-state index is 14.0. The summed E-state index contributed by atoms with van der Waals surface area (Å²) in [7, 11) is 0. The Bertz CT molecular complexity index is 1200. The lowest BCUT2D eigenvalue weighted by Gasteiger charge is -2.23. The van der Waals surface area contributed by atoms with Gasteiger partial charge in [0, 0.05) is 18.7 Å². The molecule has 3 heterocycles. The van der Waals surface area contributed by atoms with Crippen LogP contribution in [0.15, 0.2) is 18.3 Å². The summed E-state index contributed by atoms with van der Waals surface area (Å²) < 4.78 is 29.0. The van der Waals surface area contributed by atoms with Gasteiger partial charge in [0.05, 0.1) is 18.3 Å². The number of nitrogens with zero attached hydrogens (tertiary/aromatic N) is 6. The van der Waals surface area contributed by atoms with Crippen molar-refractivity contribution < 1.29 is 8.78 Å². The number of aromatic nitrogens is 6. The number of nitrogens with one attached hydrogen (secondary N) is 2. The highest BCUT2D eigenvalue weighted by Gasteiger charge is 2.17. The molecule has 0 bridgehead atoms. The van der Waals surface area contributed by atoms with Crippen molar-refractivity contribution >= 4 is 28.6 Å². The Morgan fingerprint density at radius 1 is 1.20 bits per heavy atom. The second-order valence-corrected chi connectivity index (χ2v) is 7.64. The molecule has 0 spiro atoms. The lowest BCUT2D eigenvalue weighted by molar-refractivity contribution is 0.515. The fraction of sp³-hybridized carbons (Fsp3) is 0.400. The first kappa shape index (κ1) is 20.0. The average molecular weight is 414 g/mol. The number of fused-ring (bicyclic) bond motifs is 2. The van der Waals surface area contributed by atoms with Gasteiger partial charge in [0.2, 0.25) is 11.9 Å².